The maximum absolute atomic E-state index is 13.3. The first kappa shape index (κ1) is 19.9. The Morgan fingerprint density at radius 3 is 2.69 bits per heavy atom. The smallest absolute Gasteiger partial charge is 0.269 e. The van der Waals surface area contributed by atoms with Crippen LogP contribution in [0.2, 0.25) is 0 Å². The zero-order chi connectivity index (χ0) is 20.4. The van der Waals surface area contributed by atoms with Crippen LogP contribution >= 0.6 is 11.8 Å². The van der Waals surface area contributed by atoms with Crippen molar-refractivity contribution in [3.8, 4) is 5.75 Å². The van der Waals surface area contributed by atoms with Crippen LogP contribution in [0.15, 0.2) is 58.3 Å². The highest BCUT2D eigenvalue weighted by molar-refractivity contribution is 7.99. The van der Waals surface area contributed by atoms with Crippen LogP contribution < -0.4 is 10.1 Å². The molecule has 5 heteroatoms. The molecule has 0 spiro atoms. The van der Waals surface area contributed by atoms with Gasteiger partial charge in [-0.1, -0.05) is 56.7 Å². The van der Waals surface area contributed by atoms with Gasteiger partial charge in [0.2, 0.25) is 0 Å². The van der Waals surface area contributed by atoms with E-state index in [0.29, 0.717) is 17.5 Å². The van der Waals surface area contributed by atoms with E-state index < -0.39 is 0 Å². The van der Waals surface area contributed by atoms with E-state index in [1.54, 1.807) is 18.9 Å². The minimum absolute atomic E-state index is 0.0236. The molecule has 1 fully saturated rings. The summed E-state index contributed by atoms with van der Waals surface area (Å²) < 4.78 is 5.37. The van der Waals surface area contributed by atoms with Gasteiger partial charge in [0.25, 0.3) is 5.91 Å². The second kappa shape index (κ2) is 8.54. The van der Waals surface area contributed by atoms with E-state index in [0.717, 1.165) is 32.9 Å². The third-order valence-electron chi connectivity index (χ3n) is 6.17. The predicted octanol–water partition coefficient (Wildman–Crippen LogP) is 5.88. The van der Waals surface area contributed by atoms with Gasteiger partial charge >= 0.3 is 0 Å². The van der Waals surface area contributed by atoms with Crippen LogP contribution in [0, 0.1) is 11.8 Å². The van der Waals surface area contributed by atoms with E-state index >= 15 is 0 Å². The van der Waals surface area contributed by atoms with Crippen LogP contribution in [0.5, 0.6) is 5.75 Å². The maximum atomic E-state index is 13.3. The molecule has 1 aliphatic rings. The van der Waals surface area contributed by atoms with Gasteiger partial charge in [-0.05, 0) is 42.5 Å². The Hall–Kier alpha value is -2.40. The van der Waals surface area contributed by atoms with E-state index in [1.807, 2.05) is 36.4 Å². The van der Waals surface area contributed by atoms with Crippen LogP contribution in [0.25, 0.3) is 10.9 Å². The van der Waals surface area contributed by atoms with E-state index in [1.165, 1.54) is 12.8 Å². The monoisotopic (exact) mass is 408 g/mol. The van der Waals surface area contributed by atoms with Crippen molar-refractivity contribution in [3.63, 3.8) is 0 Å². The molecular weight excluding hydrogens is 380 g/mol. The minimum atomic E-state index is -0.0236. The fraction of sp³-hybridized carbons (Fsp3) is 0.375. The Balaban J connectivity index is 1.69. The summed E-state index contributed by atoms with van der Waals surface area (Å²) in [6, 6.07) is 16.3. The molecule has 152 valence electrons. The van der Waals surface area contributed by atoms with Crippen molar-refractivity contribution in [2.45, 2.75) is 48.9 Å². The second-order valence-electron chi connectivity index (χ2n) is 8.00. The molecule has 2 N–H and O–H groups in total. The number of carbonyl (C=O) groups is 1. The molecule has 1 saturated carbocycles. The Bertz CT molecular complexity index is 999. The third-order valence-corrected chi connectivity index (χ3v) is 7.31. The lowest BCUT2D eigenvalue weighted by Crippen LogP contribution is -2.43. The number of aromatic amines is 1. The van der Waals surface area contributed by atoms with Crippen molar-refractivity contribution in [2.75, 3.05) is 7.11 Å². The van der Waals surface area contributed by atoms with Crippen molar-refractivity contribution in [2.24, 2.45) is 11.8 Å². The maximum Gasteiger partial charge on any atom is 0.269 e. The van der Waals surface area contributed by atoms with E-state index in [9.17, 15) is 4.79 Å². The molecule has 2 aromatic carbocycles. The number of ether oxygens (including phenoxy) is 1. The van der Waals surface area contributed by atoms with Crippen LogP contribution in [0.1, 0.15) is 43.6 Å². The number of carbonyl (C=O) groups excluding carboxylic acids is 1. The normalized spacial score (nSPS) is 21.8. The number of methoxy groups -OCH3 is 1. The summed E-state index contributed by atoms with van der Waals surface area (Å²) in [5, 5.41) is 4.35. The fourth-order valence-electron chi connectivity index (χ4n) is 4.18. The SMILES string of the molecule is COc1ccc2c(Sc3ccccc3)c(C(=O)NC3CCCC(C)C3C)[nH]c2c1. The first-order chi connectivity index (χ1) is 14.1. The van der Waals surface area contributed by atoms with Crippen molar-refractivity contribution < 1.29 is 9.53 Å². The number of H-pyrrole nitrogens is 1. The fourth-order valence-corrected chi connectivity index (χ4v) is 5.24. The quantitative estimate of drug-likeness (QED) is 0.554. The van der Waals surface area contributed by atoms with Crippen LogP contribution in [-0.4, -0.2) is 24.0 Å². The van der Waals surface area contributed by atoms with Crippen LogP contribution in [0.4, 0.5) is 0 Å². The molecule has 29 heavy (non-hydrogen) atoms. The van der Waals surface area contributed by atoms with Gasteiger partial charge in [-0.25, -0.2) is 0 Å². The van der Waals surface area contributed by atoms with E-state index in [2.05, 4.69) is 36.3 Å². The molecule has 4 nitrogen and oxygen atoms in total. The average Bonchev–Trinajstić information content (AvgIpc) is 3.09. The average molecular weight is 409 g/mol. The predicted molar refractivity (Wildman–Crippen MR) is 119 cm³/mol. The van der Waals surface area contributed by atoms with Crippen molar-refractivity contribution in [1.29, 1.82) is 0 Å². The van der Waals surface area contributed by atoms with Crippen molar-refractivity contribution in [3.05, 3.63) is 54.2 Å². The zero-order valence-electron chi connectivity index (χ0n) is 17.2. The highest BCUT2D eigenvalue weighted by atomic mass is 32.2. The van der Waals surface area contributed by atoms with E-state index in [-0.39, 0.29) is 11.9 Å². The molecule has 1 amide bonds. The van der Waals surface area contributed by atoms with Gasteiger partial charge in [0.1, 0.15) is 11.4 Å². The number of amides is 1. The first-order valence-corrected chi connectivity index (χ1v) is 11.1. The van der Waals surface area contributed by atoms with Gasteiger partial charge in [0.15, 0.2) is 0 Å². The summed E-state index contributed by atoms with van der Waals surface area (Å²) in [6.07, 6.45) is 3.47. The molecule has 3 atom stereocenters. The molecule has 3 unspecified atom stereocenters. The van der Waals surface area contributed by atoms with Gasteiger partial charge in [-0.15, -0.1) is 0 Å². The molecule has 0 aliphatic heterocycles. The lowest BCUT2D eigenvalue weighted by Gasteiger charge is -2.34. The molecule has 4 rings (SSSR count). The molecule has 1 heterocycles. The Morgan fingerprint density at radius 2 is 1.93 bits per heavy atom. The third kappa shape index (κ3) is 4.15. The van der Waals surface area contributed by atoms with Crippen molar-refractivity contribution in [1.82, 2.24) is 10.3 Å². The Labute approximate surface area is 176 Å². The number of hydrogen-bond donors (Lipinski definition) is 2. The van der Waals surface area contributed by atoms with Gasteiger partial charge in [-0.3, -0.25) is 4.79 Å². The molecule has 0 bridgehead atoms. The standard InChI is InChI=1S/C24H28N2O2S/c1-15-8-7-11-20(16(15)2)26-24(27)22-23(29-18-9-5-4-6-10-18)19-13-12-17(28-3)14-21(19)25-22/h4-6,9-10,12-16,20,25H,7-8,11H2,1-3H3,(H,26,27). The van der Waals surface area contributed by atoms with Gasteiger partial charge in [0.05, 0.1) is 17.5 Å². The Morgan fingerprint density at radius 1 is 1.14 bits per heavy atom. The van der Waals surface area contributed by atoms with Gasteiger partial charge < -0.3 is 15.0 Å². The first-order valence-electron chi connectivity index (χ1n) is 10.3. The summed E-state index contributed by atoms with van der Waals surface area (Å²) >= 11 is 1.62. The van der Waals surface area contributed by atoms with Crippen LogP contribution in [0.3, 0.4) is 0 Å². The zero-order valence-corrected chi connectivity index (χ0v) is 18.0. The molecule has 3 aromatic rings. The number of hydrogen-bond acceptors (Lipinski definition) is 3. The summed E-state index contributed by atoms with van der Waals surface area (Å²) in [6.45, 7) is 4.54. The topological polar surface area (TPSA) is 54.1 Å². The molecule has 1 aliphatic carbocycles. The van der Waals surface area contributed by atoms with Gasteiger partial charge in [0, 0.05) is 22.4 Å². The molecular formula is C24H28N2O2S. The van der Waals surface area contributed by atoms with Crippen LogP contribution in [-0.2, 0) is 0 Å². The number of benzene rings is 2. The lowest BCUT2D eigenvalue weighted by molar-refractivity contribution is 0.0884. The summed E-state index contributed by atoms with van der Waals surface area (Å²) in [5.41, 5.74) is 1.55. The second-order valence-corrected chi connectivity index (χ2v) is 9.09. The number of fused-ring (bicyclic) bond motifs is 1. The summed E-state index contributed by atoms with van der Waals surface area (Å²) in [4.78, 5) is 18.7. The van der Waals surface area contributed by atoms with Gasteiger partial charge in [-0.2, -0.15) is 0 Å². The minimum Gasteiger partial charge on any atom is -0.497 e. The summed E-state index contributed by atoms with van der Waals surface area (Å²) in [7, 11) is 1.66. The van der Waals surface area contributed by atoms with Crippen molar-refractivity contribution >= 4 is 28.6 Å². The summed E-state index contributed by atoms with van der Waals surface area (Å²) in [5.74, 6) is 1.88. The highest BCUT2D eigenvalue weighted by Crippen LogP contribution is 2.38. The van der Waals surface area contributed by atoms with E-state index in [4.69, 9.17) is 4.74 Å². The lowest BCUT2D eigenvalue weighted by atomic mass is 9.78. The number of aromatic nitrogens is 1. The molecule has 0 saturated heterocycles. The highest BCUT2D eigenvalue weighted by Gasteiger charge is 2.29. The number of nitrogens with one attached hydrogen (secondary N) is 2. The Kier molecular flexibility index (Phi) is 5.86. The molecule has 0 radical (unpaired) electrons. The molecule has 1 aromatic heterocycles. The number of rotatable bonds is 5. The largest absolute Gasteiger partial charge is 0.497 e.